The van der Waals surface area contributed by atoms with E-state index < -0.39 is 0 Å². The number of hydrogen-bond acceptors (Lipinski definition) is 2. The molecule has 0 N–H and O–H groups in total. The highest BCUT2D eigenvalue weighted by atomic mass is 16.2. The van der Waals surface area contributed by atoms with Crippen LogP contribution in [0.4, 0.5) is 0 Å². The van der Waals surface area contributed by atoms with Crippen LogP contribution in [0.2, 0.25) is 0 Å². The van der Waals surface area contributed by atoms with Gasteiger partial charge < -0.3 is 4.90 Å². The Kier molecular flexibility index (Phi) is 5.96. The van der Waals surface area contributed by atoms with E-state index in [1.807, 2.05) is 6.07 Å². The molecule has 0 aromatic carbocycles. The second kappa shape index (κ2) is 6.47. The number of nitrogens with zero attached hydrogens (tertiary/aromatic N) is 2. The molecule has 0 atom stereocenters. The zero-order valence-corrected chi connectivity index (χ0v) is 8.71. The van der Waals surface area contributed by atoms with Crippen LogP contribution >= 0.6 is 0 Å². The van der Waals surface area contributed by atoms with E-state index in [0.717, 1.165) is 19.4 Å². The topological polar surface area (TPSA) is 44.1 Å². The molecule has 0 aliphatic heterocycles. The standard InChI is InChI=1S/C10H18N2O/c1-9(2)5-4-8-12(3)10(13)6-7-11/h9H,4-6,8H2,1-3H3. The highest BCUT2D eigenvalue weighted by Gasteiger charge is 2.06. The quantitative estimate of drug-likeness (QED) is 0.650. The van der Waals surface area contributed by atoms with Crippen LogP contribution in [0.3, 0.4) is 0 Å². The molecule has 0 bridgehead atoms. The summed E-state index contributed by atoms with van der Waals surface area (Å²) in [7, 11) is 1.75. The Labute approximate surface area is 80.3 Å². The summed E-state index contributed by atoms with van der Waals surface area (Å²) in [4.78, 5) is 12.8. The fourth-order valence-corrected chi connectivity index (χ4v) is 1.06. The molecule has 3 nitrogen and oxygen atoms in total. The first kappa shape index (κ1) is 12.0. The van der Waals surface area contributed by atoms with Crippen LogP contribution in [0.15, 0.2) is 0 Å². The summed E-state index contributed by atoms with van der Waals surface area (Å²) in [6, 6.07) is 1.86. The van der Waals surface area contributed by atoms with Crippen molar-refractivity contribution in [2.75, 3.05) is 13.6 Å². The van der Waals surface area contributed by atoms with Crippen molar-refractivity contribution in [1.82, 2.24) is 4.90 Å². The van der Waals surface area contributed by atoms with Crippen LogP contribution in [-0.4, -0.2) is 24.4 Å². The molecule has 0 aromatic heterocycles. The van der Waals surface area contributed by atoms with E-state index in [1.165, 1.54) is 0 Å². The summed E-state index contributed by atoms with van der Waals surface area (Å²) in [6.07, 6.45) is 2.15. The van der Waals surface area contributed by atoms with E-state index in [2.05, 4.69) is 13.8 Å². The highest BCUT2D eigenvalue weighted by molar-refractivity contribution is 5.77. The Hall–Kier alpha value is -1.04. The molecule has 0 fully saturated rings. The van der Waals surface area contributed by atoms with Gasteiger partial charge in [-0.25, -0.2) is 0 Å². The number of hydrogen-bond donors (Lipinski definition) is 0. The van der Waals surface area contributed by atoms with E-state index in [-0.39, 0.29) is 12.3 Å². The van der Waals surface area contributed by atoms with Gasteiger partial charge >= 0.3 is 0 Å². The molecule has 0 rings (SSSR count). The fourth-order valence-electron chi connectivity index (χ4n) is 1.06. The molecule has 0 heterocycles. The van der Waals surface area contributed by atoms with Gasteiger partial charge in [-0.2, -0.15) is 5.26 Å². The van der Waals surface area contributed by atoms with Crippen molar-refractivity contribution in [3.63, 3.8) is 0 Å². The minimum absolute atomic E-state index is 0.00181. The average Bonchev–Trinajstić information content (AvgIpc) is 2.04. The van der Waals surface area contributed by atoms with Gasteiger partial charge in [-0.05, 0) is 18.8 Å². The lowest BCUT2D eigenvalue weighted by Crippen LogP contribution is -2.27. The van der Waals surface area contributed by atoms with Crippen molar-refractivity contribution in [3.05, 3.63) is 0 Å². The third-order valence-electron chi connectivity index (χ3n) is 1.93. The van der Waals surface area contributed by atoms with Gasteiger partial charge in [0.25, 0.3) is 0 Å². The van der Waals surface area contributed by atoms with Crippen molar-refractivity contribution in [2.24, 2.45) is 5.92 Å². The predicted molar refractivity (Wildman–Crippen MR) is 51.9 cm³/mol. The van der Waals surface area contributed by atoms with Crippen molar-refractivity contribution in [3.8, 4) is 6.07 Å². The largest absolute Gasteiger partial charge is 0.345 e. The normalized spacial score (nSPS) is 9.77. The lowest BCUT2D eigenvalue weighted by atomic mass is 10.1. The number of amides is 1. The summed E-state index contributed by atoms with van der Waals surface area (Å²) in [5, 5.41) is 8.30. The van der Waals surface area contributed by atoms with Crippen LogP contribution in [0.5, 0.6) is 0 Å². The van der Waals surface area contributed by atoms with Crippen molar-refractivity contribution in [1.29, 1.82) is 5.26 Å². The van der Waals surface area contributed by atoms with Gasteiger partial charge in [-0.3, -0.25) is 4.79 Å². The Morgan fingerprint density at radius 1 is 1.54 bits per heavy atom. The maximum absolute atomic E-state index is 11.1. The molecule has 0 aromatic rings. The van der Waals surface area contributed by atoms with Crippen molar-refractivity contribution >= 4 is 5.91 Å². The maximum atomic E-state index is 11.1. The molecule has 13 heavy (non-hydrogen) atoms. The molecule has 1 amide bonds. The van der Waals surface area contributed by atoms with Gasteiger partial charge in [0.2, 0.25) is 5.91 Å². The smallest absolute Gasteiger partial charge is 0.236 e. The van der Waals surface area contributed by atoms with Crippen LogP contribution < -0.4 is 0 Å². The number of nitriles is 1. The summed E-state index contributed by atoms with van der Waals surface area (Å²) >= 11 is 0. The Morgan fingerprint density at radius 3 is 2.62 bits per heavy atom. The van der Waals surface area contributed by atoms with Crippen LogP contribution in [0, 0.1) is 17.2 Å². The monoisotopic (exact) mass is 182 g/mol. The first-order chi connectivity index (χ1) is 6.07. The second-order valence-corrected chi connectivity index (χ2v) is 3.69. The molecule has 0 radical (unpaired) electrons. The fraction of sp³-hybridized carbons (Fsp3) is 0.800. The summed E-state index contributed by atoms with van der Waals surface area (Å²) in [6.45, 7) is 5.09. The first-order valence-corrected chi connectivity index (χ1v) is 4.68. The van der Waals surface area contributed by atoms with Gasteiger partial charge in [0, 0.05) is 13.6 Å². The minimum Gasteiger partial charge on any atom is -0.345 e. The zero-order valence-electron chi connectivity index (χ0n) is 8.71. The molecule has 74 valence electrons. The van der Waals surface area contributed by atoms with E-state index in [9.17, 15) is 4.79 Å². The minimum atomic E-state index is -0.0775. The molecule has 3 heteroatoms. The maximum Gasteiger partial charge on any atom is 0.236 e. The molecule has 0 aliphatic rings. The molecule has 0 spiro atoms. The van der Waals surface area contributed by atoms with E-state index in [1.54, 1.807) is 11.9 Å². The average molecular weight is 182 g/mol. The van der Waals surface area contributed by atoms with E-state index in [0.29, 0.717) is 5.92 Å². The number of rotatable bonds is 5. The number of carbonyl (C=O) groups is 1. The van der Waals surface area contributed by atoms with Gasteiger partial charge in [-0.15, -0.1) is 0 Å². The first-order valence-electron chi connectivity index (χ1n) is 4.68. The van der Waals surface area contributed by atoms with E-state index in [4.69, 9.17) is 5.26 Å². The summed E-state index contributed by atoms with van der Waals surface area (Å²) < 4.78 is 0. The predicted octanol–water partition coefficient (Wildman–Crippen LogP) is 1.79. The molecule has 0 saturated carbocycles. The van der Waals surface area contributed by atoms with Gasteiger partial charge in [0.1, 0.15) is 6.42 Å². The van der Waals surface area contributed by atoms with Crippen LogP contribution in [-0.2, 0) is 4.79 Å². The Bertz CT molecular complexity index is 194. The SMILES string of the molecule is CC(C)CCCN(C)C(=O)CC#N. The zero-order chi connectivity index (χ0) is 10.3. The van der Waals surface area contributed by atoms with Gasteiger partial charge in [0.15, 0.2) is 0 Å². The highest BCUT2D eigenvalue weighted by Crippen LogP contribution is 2.04. The van der Waals surface area contributed by atoms with Gasteiger partial charge in [-0.1, -0.05) is 13.8 Å². The summed E-state index contributed by atoms with van der Waals surface area (Å²) in [5.74, 6) is 0.603. The molecular formula is C10H18N2O. The van der Waals surface area contributed by atoms with Crippen molar-refractivity contribution < 1.29 is 4.79 Å². The number of carbonyl (C=O) groups excluding carboxylic acids is 1. The molecular weight excluding hydrogens is 164 g/mol. The lowest BCUT2D eigenvalue weighted by molar-refractivity contribution is -0.128. The molecule has 0 saturated heterocycles. The van der Waals surface area contributed by atoms with Crippen molar-refractivity contribution in [2.45, 2.75) is 33.1 Å². The van der Waals surface area contributed by atoms with Crippen LogP contribution in [0.1, 0.15) is 33.1 Å². The van der Waals surface area contributed by atoms with Crippen LogP contribution in [0.25, 0.3) is 0 Å². The Morgan fingerprint density at radius 2 is 2.15 bits per heavy atom. The molecule has 0 aliphatic carbocycles. The third-order valence-corrected chi connectivity index (χ3v) is 1.93. The second-order valence-electron chi connectivity index (χ2n) is 3.69. The Balaban J connectivity index is 3.57. The molecule has 0 unspecified atom stereocenters. The lowest BCUT2D eigenvalue weighted by Gasteiger charge is -2.15. The summed E-state index contributed by atoms with van der Waals surface area (Å²) in [5.41, 5.74) is 0. The van der Waals surface area contributed by atoms with E-state index >= 15 is 0 Å². The third kappa shape index (κ3) is 6.15. The van der Waals surface area contributed by atoms with Gasteiger partial charge in [0.05, 0.1) is 6.07 Å².